The molecule has 0 atom stereocenters. The number of rotatable bonds is 4. The largest absolute Gasteiger partial charge is 0.322 e. The number of benzene rings is 2. The van der Waals surface area contributed by atoms with Gasteiger partial charge in [0.2, 0.25) is 10.0 Å². The number of amides is 1. The molecule has 0 unspecified atom stereocenters. The molecule has 0 fully saturated rings. The Hall–Kier alpha value is -1.89. The van der Waals surface area contributed by atoms with Crippen molar-refractivity contribution in [2.45, 2.75) is 45.1 Å². The molecule has 0 saturated carbocycles. The number of halogens is 1. The van der Waals surface area contributed by atoms with Crippen molar-refractivity contribution in [1.82, 2.24) is 4.72 Å². The summed E-state index contributed by atoms with van der Waals surface area (Å²) in [4.78, 5) is 12.7. The summed E-state index contributed by atoms with van der Waals surface area (Å²) in [5.41, 5.74) is 1.68. The van der Waals surface area contributed by atoms with Crippen molar-refractivity contribution in [3.8, 4) is 0 Å². The van der Waals surface area contributed by atoms with Crippen molar-refractivity contribution < 1.29 is 13.2 Å². The number of aryl methyl sites for hydroxylation is 1. The Labute approximate surface area is 159 Å². The summed E-state index contributed by atoms with van der Waals surface area (Å²) in [5.74, 6) is -0.388. The van der Waals surface area contributed by atoms with Gasteiger partial charge in [-0.1, -0.05) is 23.7 Å². The first-order chi connectivity index (χ1) is 11.9. The minimum absolute atomic E-state index is 0.0472. The lowest BCUT2D eigenvalue weighted by Crippen LogP contribution is -2.40. The van der Waals surface area contributed by atoms with E-state index in [1.165, 1.54) is 12.1 Å². The Morgan fingerprint density at radius 1 is 1.08 bits per heavy atom. The van der Waals surface area contributed by atoms with Crippen molar-refractivity contribution in [3.63, 3.8) is 0 Å². The van der Waals surface area contributed by atoms with E-state index in [0.29, 0.717) is 21.8 Å². The zero-order chi connectivity index (χ0) is 19.7. The Kier molecular flexibility index (Phi) is 5.80. The third kappa shape index (κ3) is 4.84. The summed E-state index contributed by atoms with van der Waals surface area (Å²) in [6.07, 6.45) is 0. The second-order valence-electron chi connectivity index (χ2n) is 7.20. The maximum absolute atomic E-state index is 12.7. The molecule has 0 spiro atoms. The van der Waals surface area contributed by atoms with Gasteiger partial charge in [-0.15, -0.1) is 0 Å². The van der Waals surface area contributed by atoms with Gasteiger partial charge in [-0.25, -0.2) is 13.1 Å². The number of sulfonamides is 1. The summed E-state index contributed by atoms with van der Waals surface area (Å²) >= 11 is 6.08. The molecule has 0 saturated heterocycles. The molecule has 0 aromatic heterocycles. The summed E-state index contributed by atoms with van der Waals surface area (Å²) in [6, 6.07) is 9.73. The van der Waals surface area contributed by atoms with E-state index >= 15 is 0 Å². The van der Waals surface area contributed by atoms with E-state index in [1.54, 1.807) is 58.9 Å². The van der Waals surface area contributed by atoms with Gasteiger partial charge in [0, 0.05) is 21.8 Å². The fourth-order valence-corrected chi connectivity index (χ4v) is 4.03. The lowest BCUT2D eigenvalue weighted by atomic mass is 10.1. The van der Waals surface area contributed by atoms with Gasteiger partial charge >= 0.3 is 0 Å². The molecular formula is C19H23ClN2O3S. The van der Waals surface area contributed by atoms with Crippen LogP contribution in [-0.4, -0.2) is 19.9 Å². The van der Waals surface area contributed by atoms with Crippen LogP contribution in [0.5, 0.6) is 0 Å². The number of nitrogens with one attached hydrogen (secondary N) is 2. The van der Waals surface area contributed by atoms with Gasteiger partial charge in [0.15, 0.2) is 0 Å². The molecule has 2 N–H and O–H groups in total. The van der Waals surface area contributed by atoms with Crippen molar-refractivity contribution in [2.24, 2.45) is 0 Å². The van der Waals surface area contributed by atoms with Crippen molar-refractivity contribution in [2.75, 3.05) is 5.32 Å². The van der Waals surface area contributed by atoms with E-state index in [-0.39, 0.29) is 10.8 Å². The average molecular weight is 395 g/mol. The number of carbonyl (C=O) groups excluding carboxylic acids is 1. The molecule has 0 heterocycles. The van der Waals surface area contributed by atoms with Gasteiger partial charge < -0.3 is 5.32 Å². The molecule has 0 aliphatic carbocycles. The van der Waals surface area contributed by atoms with E-state index in [2.05, 4.69) is 10.0 Å². The fraction of sp³-hybridized carbons (Fsp3) is 0.316. The predicted octanol–water partition coefficient (Wildman–Crippen LogP) is 4.29. The molecule has 140 valence electrons. The monoisotopic (exact) mass is 394 g/mol. The summed E-state index contributed by atoms with van der Waals surface area (Å²) in [5, 5.41) is 3.34. The maximum Gasteiger partial charge on any atom is 0.255 e. The summed E-state index contributed by atoms with van der Waals surface area (Å²) in [6.45, 7) is 8.84. The molecule has 7 heteroatoms. The highest BCUT2D eigenvalue weighted by atomic mass is 35.5. The molecule has 0 radical (unpaired) electrons. The van der Waals surface area contributed by atoms with Crippen molar-refractivity contribution in [1.29, 1.82) is 0 Å². The van der Waals surface area contributed by atoms with E-state index < -0.39 is 15.6 Å². The van der Waals surface area contributed by atoms with Crippen LogP contribution in [0.3, 0.4) is 0 Å². The molecule has 0 aliphatic rings. The molecule has 2 aromatic carbocycles. The summed E-state index contributed by atoms with van der Waals surface area (Å²) in [7, 11) is -3.73. The van der Waals surface area contributed by atoms with Gasteiger partial charge in [-0.3, -0.25) is 4.79 Å². The van der Waals surface area contributed by atoms with E-state index in [0.717, 1.165) is 5.56 Å². The molecule has 2 rings (SSSR count). The van der Waals surface area contributed by atoms with Crippen LogP contribution in [0.25, 0.3) is 0 Å². The Bertz CT molecular complexity index is 948. The number of carbonyl (C=O) groups is 1. The van der Waals surface area contributed by atoms with E-state index in [1.807, 2.05) is 0 Å². The molecule has 5 nitrogen and oxygen atoms in total. The minimum Gasteiger partial charge on any atom is -0.322 e. The van der Waals surface area contributed by atoms with E-state index in [9.17, 15) is 13.2 Å². The van der Waals surface area contributed by atoms with Crippen LogP contribution < -0.4 is 10.0 Å². The van der Waals surface area contributed by atoms with E-state index in [4.69, 9.17) is 11.6 Å². The Morgan fingerprint density at radius 3 is 2.35 bits per heavy atom. The molecule has 0 bridgehead atoms. The highest BCUT2D eigenvalue weighted by Gasteiger charge is 2.23. The maximum atomic E-state index is 12.7. The molecule has 26 heavy (non-hydrogen) atoms. The first-order valence-corrected chi connectivity index (χ1v) is 9.98. The minimum atomic E-state index is -3.73. The first kappa shape index (κ1) is 20.4. The second kappa shape index (κ2) is 7.39. The quantitative estimate of drug-likeness (QED) is 0.812. The molecular weight excluding hydrogens is 372 g/mol. The average Bonchev–Trinajstić information content (AvgIpc) is 2.49. The molecule has 2 aromatic rings. The zero-order valence-electron chi connectivity index (χ0n) is 15.5. The van der Waals surface area contributed by atoms with Crippen LogP contribution in [0.2, 0.25) is 5.02 Å². The van der Waals surface area contributed by atoms with Crippen LogP contribution in [0.15, 0.2) is 41.3 Å². The number of hydrogen-bond acceptors (Lipinski definition) is 3. The number of hydrogen-bond donors (Lipinski definition) is 2. The van der Waals surface area contributed by atoms with Gasteiger partial charge in [0.05, 0.1) is 4.90 Å². The SMILES string of the molecule is Cc1ccc(S(=O)(=O)NC(C)(C)C)cc1C(=O)Nc1cccc(Cl)c1C. The molecule has 0 aliphatic heterocycles. The van der Waals surface area contributed by atoms with Crippen LogP contribution in [0.1, 0.15) is 42.3 Å². The smallest absolute Gasteiger partial charge is 0.255 e. The third-order valence-corrected chi connectivity index (χ3v) is 5.89. The second-order valence-corrected chi connectivity index (χ2v) is 9.29. The van der Waals surface area contributed by atoms with Gasteiger partial charge in [-0.05, 0) is 70.0 Å². The van der Waals surface area contributed by atoms with Gasteiger partial charge in [-0.2, -0.15) is 0 Å². The third-order valence-electron chi connectivity index (χ3n) is 3.72. The molecule has 1 amide bonds. The summed E-state index contributed by atoms with van der Waals surface area (Å²) < 4.78 is 27.6. The van der Waals surface area contributed by atoms with Crippen LogP contribution in [-0.2, 0) is 10.0 Å². The lowest BCUT2D eigenvalue weighted by molar-refractivity contribution is 0.102. The zero-order valence-corrected chi connectivity index (χ0v) is 17.0. The van der Waals surface area contributed by atoms with Crippen molar-refractivity contribution in [3.05, 3.63) is 58.1 Å². The van der Waals surface area contributed by atoms with Crippen LogP contribution in [0.4, 0.5) is 5.69 Å². The normalized spacial score (nSPS) is 12.1. The van der Waals surface area contributed by atoms with Crippen LogP contribution in [0, 0.1) is 13.8 Å². The highest BCUT2D eigenvalue weighted by Crippen LogP contribution is 2.24. The first-order valence-electron chi connectivity index (χ1n) is 8.12. The van der Waals surface area contributed by atoms with Crippen LogP contribution >= 0.6 is 11.6 Å². The Balaban J connectivity index is 2.38. The lowest BCUT2D eigenvalue weighted by Gasteiger charge is -2.21. The number of anilines is 1. The Morgan fingerprint density at radius 2 is 1.73 bits per heavy atom. The van der Waals surface area contributed by atoms with Gasteiger partial charge in [0.25, 0.3) is 5.91 Å². The van der Waals surface area contributed by atoms with Gasteiger partial charge in [0.1, 0.15) is 0 Å². The standard InChI is InChI=1S/C19H23ClN2O3S/c1-12-9-10-14(26(24,25)22-19(3,4)5)11-15(12)18(23)21-17-8-6-7-16(20)13(17)2/h6-11,22H,1-5H3,(H,21,23). The van der Waals surface area contributed by atoms with Crippen molar-refractivity contribution >= 4 is 33.2 Å². The highest BCUT2D eigenvalue weighted by molar-refractivity contribution is 7.89. The topological polar surface area (TPSA) is 75.3 Å². The predicted molar refractivity (Wildman–Crippen MR) is 105 cm³/mol. The fourth-order valence-electron chi connectivity index (χ4n) is 2.41.